The third-order valence-electron chi connectivity index (χ3n) is 3.53. The van der Waals surface area contributed by atoms with Gasteiger partial charge in [-0.3, -0.25) is 9.10 Å². The highest BCUT2D eigenvalue weighted by molar-refractivity contribution is 7.93. The summed E-state index contributed by atoms with van der Waals surface area (Å²) in [5.74, 6) is -1.34. The molecular weight excluding hydrogens is 397 g/mol. The molecule has 0 bridgehead atoms. The highest BCUT2D eigenvalue weighted by Gasteiger charge is 2.28. The van der Waals surface area contributed by atoms with Gasteiger partial charge in [-0.25, -0.2) is 21.2 Å². The molecule has 0 aliphatic heterocycles. The number of rotatable bonds is 7. The van der Waals surface area contributed by atoms with E-state index < -0.39 is 38.2 Å². The Morgan fingerprint density at radius 1 is 0.963 bits per heavy atom. The molecule has 0 unspecified atom stereocenters. The van der Waals surface area contributed by atoms with Crippen molar-refractivity contribution < 1.29 is 30.8 Å². The number of halogens is 1. The fraction of sp³-hybridized carbons (Fsp3) is 0.235. The van der Waals surface area contributed by atoms with Gasteiger partial charge in [-0.1, -0.05) is 0 Å². The van der Waals surface area contributed by atoms with Crippen LogP contribution in [0.3, 0.4) is 0 Å². The highest BCUT2D eigenvalue weighted by Crippen LogP contribution is 2.25. The monoisotopic (exact) mass is 415 g/mol. The Balaban J connectivity index is 2.49. The molecule has 0 radical (unpaired) electrons. The van der Waals surface area contributed by atoms with Crippen molar-refractivity contribution in [2.75, 3.05) is 23.7 Å². The van der Waals surface area contributed by atoms with Crippen LogP contribution in [0.2, 0.25) is 0 Å². The van der Waals surface area contributed by atoms with Crippen molar-refractivity contribution in [2.45, 2.75) is 16.7 Å². The number of hydrogen-bond donors (Lipinski definition) is 0. The summed E-state index contributed by atoms with van der Waals surface area (Å²) in [7, 11) is -7.72. The van der Waals surface area contributed by atoms with E-state index in [1.54, 1.807) is 6.92 Å². The molecule has 0 spiro atoms. The molecule has 0 aliphatic rings. The van der Waals surface area contributed by atoms with Crippen molar-refractivity contribution in [1.29, 1.82) is 0 Å². The lowest BCUT2D eigenvalue weighted by atomic mass is 10.3. The maximum absolute atomic E-state index is 13.2. The van der Waals surface area contributed by atoms with Gasteiger partial charge in [-0.15, -0.1) is 0 Å². The lowest BCUT2D eigenvalue weighted by Crippen LogP contribution is -2.36. The number of esters is 1. The number of nitrogens with zero attached hydrogens (tertiary/aromatic N) is 1. The summed E-state index contributed by atoms with van der Waals surface area (Å²) in [5.41, 5.74) is 0.0663. The second kappa shape index (κ2) is 8.05. The van der Waals surface area contributed by atoms with Gasteiger partial charge < -0.3 is 4.74 Å². The van der Waals surface area contributed by atoms with Crippen molar-refractivity contribution in [3.8, 4) is 0 Å². The van der Waals surface area contributed by atoms with Crippen LogP contribution >= 0.6 is 0 Å². The molecule has 0 aromatic heterocycles. The Morgan fingerprint density at radius 3 is 1.96 bits per heavy atom. The summed E-state index contributed by atoms with van der Waals surface area (Å²) >= 11 is 0. The molecule has 27 heavy (non-hydrogen) atoms. The van der Waals surface area contributed by atoms with E-state index in [-0.39, 0.29) is 22.1 Å². The van der Waals surface area contributed by atoms with Gasteiger partial charge in [0.2, 0.25) is 0 Å². The standard InChI is InChI=1S/C17H18FNO6S2/c1-3-25-17(20)12-19(14-6-4-13(18)5-7-14)27(23,24)16-10-8-15(9-11-16)26(2,21)22/h4-11H,3,12H2,1-2H3. The van der Waals surface area contributed by atoms with Crippen molar-refractivity contribution in [3.63, 3.8) is 0 Å². The molecule has 0 N–H and O–H groups in total. The zero-order chi connectivity index (χ0) is 20.2. The van der Waals surface area contributed by atoms with Gasteiger partial charge in [0.15, 0.2) is 9.84 Å². The summed E-state index contributed by atoms with van der Waals surface area (Å²) in [6.07, 6.45) is 1.00. The first-order valence-electron chi connectivity index (χ1n) is 7.79. The number of sulfonamides is 1. The number of carbonyl (C=O) groups excluding carboxylic acids is 1. The Kier molecular flexibility index (Phi) is 6.22. The smallest absolute Gasteiger partial charge is 0.326 e. The quantitative estimate of drug-likeness (QED) is 0.642. The van der Waals surface area contributed by atoms with Crippen LogP contribution in [-0.2, 0) is 29.4 Å². The molecule has 0 atom stereocenters. The molecule has 2 aromatic rings. The Morgan fingerprint density at radius 2 is 1.48 bits per heavy atom. The average Bonchev–Trinajstić information content (AvgIpc) is 2.60. The number of benzene rings is 2. The first kappa shape index (κ1) is 20.8. The molecule has 0 amide bonds. The third kappa shape index (κ3) is 5.04. The number of anilines is 1. The second-order valence-corrected chi connectivity index (χ2v) is 9.41. The van der Waals surface area contributed by atoms with Crippen LogP contribution in [-0.4, -0.2) is 42.2 Å². The van der Waals surface area contributed by atoms with E-state index in [9.17, 15) is 26.0 Å². The van der Waals surface area contributed by atoms with Gasteiger partial charge in [0.05, 0.1) is 22.1 Å². The molecule has 146 valence electrons. The number of ether oxygens (including phenoxy) is 1. The van der Waals surface area contributed by atoms with Crippen LogP contribution in [0.5, 0.6) is 0 Å². The van der Waals surface area contributed by atoms with E-state index in [2.05, 4.69) is 0 Å². The van der Waals surface area contributed by atoms with E-state index in [0.29, 0.717) is 0 Å². The Bertz CT molecular complexity index is 1020. The molecule has 2 rings (SSSR count). The summed E-state index contributed by atoms with van der Waals surface area (Å²) < 4.78 is 67.9. The SMILES string of the molecule is CCOC(=O)CN(c1ccc(F)cc1)S(=O)(=O)c1ccc(S(C)(=O)=O)cc1. The van der Waals surface area contributed by atoms with Crippen LogP contribution in [0.1, 0.15) is 6.92 Å². The molecule has 0 fully saturated rings. The Hall–Kier alpha value is -2.46. The Labute approximate surface area is 157 Å². The van der Waals surface area contributed by atoms with E-state index >= 15 is 0 Å². The molecule has 0 aliphatic carbocycles. The second-order valence-electron chi connectivity index (χ2n) is 5.54. The maximum Gasteiger partial charge on any atom is 0.326 e. The largest absolute Gasteiger partial charge is 0.465 e. The summed E-state index contributed by atoms with van der Waals surface area (Å²) in [6.45, 7) is 1.04. The van der Waals surface area contributed by atoms with Gasteiger partial charge >= 0.3 is 5.97 Å². The summed E-state index contributed by atoms with van der Waals surface area (Å²) in [4.78, 5) is 11.6. The minimum atomic E-state index is -4.23. The van der Waals surface area contributed by atoms with Crippen molar-refractivity contribution in [1.82, 2.24) is 0 Å². The lowest BCUT2D eigenvalue weighted by Gasteiger charge is -2.23. The molecule has 0 saturated heterocycles. The zero-order valence-corrected chi connectivity index (χ0v) is 16.3. The summed E-state index contributed by atoms with van der Waals surface area (Å²) in [5, 5.41) is 0. The molecule has 10 heteroatoms. The fourth-order valence-electron chi connectivity index (χ4n) is 2.23. The first-order valence-corrected chi connectivity index (χ1v) is 11.1. The number of sulfone groups is 1. The molecule has 0 saturated carbocycles. The number of carbonyl (C=O) groups is 1. The van der Waals surface area contributed by atoms with Crippen LogP contribution in [0.25, 0.3) is 0 Å². The topological polar surface area (TPSA) is 97.8 Å². The fourth-order valence-corrected chi connectivity index (χ4v) is 4.27. The van der Waals surface area contributed by atoms with Crippen molar-refractivity contribution in [3.05, 3.63) is 54.3 Å². The predicted molar refractivity (Wildman–Crippen MR) is 97.1 cm³/mol. The highest BCUT2D eigenvalue weighted by atomic mass is 32.2. The van der Waals surface area contributed by atoms with Gasteiger partial charge in [0.1, 0.15) is 12.4 Å². The normalized spacial score (nSPS) is 11.8. The van der Waals surface area contributed by atoms with Crippen LogP contribution in [0, 0.1) is 5.82 Å². The van der Waals surface area contributed by atoms with E-state index in [1.807, 2.05) is 0 Å². The van der Waals surface area contributed by atoms with Crippen LogP contribution in [0.4, 0.5) is 10.1 Å². The third-order valence-corrected chi connectivity index (χ3v) is 6.45. The lowest BCUT2D eigenvalue weighted by molar-refractivity contribution is -0.141. The van der Waals surface area contributed by atoms with Crippen molar-refractivity contribution in [2.24, 2.45) is 0 Å². The molecule has 0 heterocycles. The molecular formula is C17H18FNO6S2. The van der Waals surface area contributed by atoms with Gasteiger partial charge in [0.25, 0.3) is 10.0 Å². The van der Waals surface area contributed by atoms with Gasteiger partial charge in [0, 0.05) is 6.26 Å². The van der Waals surface area contributed by atoms with Crippen LogP contribution in [0.15, 0.2) is 58.3 Å². The van der Waals surface area contributed by atoms with E-state index in [4.69, 9.17) is 4.74 Å². The minimum absolute atomic E-state index is 0.0415. The maximum atomic E-state index is 13.2. The number of hydrogen-bond acceptors (Lipinski definition) is 6. The van der Waals surface area contributed by atoms with Gasteiger partial charge in [-0.2, -0.15) is 0 Å². The van der Waals surface area contributed by atoms with E-state index in [1.165, 1.54) is 12.1 Å². The first-order chi connectivity index (χ1) is 12.6. The summed E-state index contributed by atoms with van der Waals surface area (Å²) in [6, 6.07) is 9.16. The average molecular weight is 415 g/mol. The van der Waals surface area contributed by atoms with Crippen molar-refractivity contribution >= 4 is 31.5 Å². The zero-order valence-electron chi connectivity index (χ0n) is 14.6. The van der Waals surface area contributed by atoms with E-state index in [0.717, 1.165) is 47.0 Å². The molecule has 7 nitrogen and oxygen atoms in total. The minimum Gasteiger partial charge on any atom is -0.465 e. The predicted octanol–water partition coefficient (Wildman–Crippen LogP) is 1.99. The van der Waals surface area contributed by atoms with Crippen LogP contribution < -0.4 is 4.31 Å². The molecule has 2 aromatic carbocycles. The van der Waals surface area contributed by atoms with Gasteiger partial charge in [-0.05, 0) is 55.5 Å².